The van der Waals surface area contributed by atoms with Crippen LogP contribution in [0.4, 0.5) is 5.69 Å². The van der Waals surface area contributed by atoms with Gasteiger partial charge in [-0.25, -0.2) is 14.3 Å². The molecular formula is C17H18N4O2. The molecule has 0 aliphatic heterocycles. The van der Waals surface area contributed by atoms with E-state index in [1.807, 2.05) is 38.1 Å². The van der Waals surface area contributed by atoms with Gasteiger partial charge in [0.2, 0.25) is 0 Å². The number of aromatic nitrogens is 3. The van der Waals surface area contributed by atoms with Crippen LogP contribution in [0.5, 0.6) is 0 Å². The highest BCUT2D eigenvalue weighted by molar-refractivity contribution is 5.88. The Hall–Kier alpha value is -2.89. The zero-order valence-corrected chi connectivity index (χ0v) is 13.3. The molecule has 0 atom stereocenters. The largest absolute Gasteiger partial charge is 0.461 e. The number of benzene rings is 1. The molecule has 6 nitrogen and oxygen atoms in total. The summed E-state index contributed by atoms with van der Waals surface area (Å²) in [6.45, 7) is 5.95. The monoisotopic (exact) mass is 310 g/mol. The molecule has 0 radical (unpaired) electrons. The Labute approximate surface area is 133 Å². The second kappa shape index (κ2) is 5.72. The number of hydrogen-bond acceptors (Lipinski definition) is 5. The van der Waals surface area contributed by atoms with Crippen LogP contribution in [0.3, 0.4) is 0 Å². The van der Waals surface area contributed by atoms with Crippen LogP contribution in [0.25, 0.3) is 16.9 Å². The number of carbonyl (C=O) groups is 1. The molecule has 0 saturated carbocycles. The van der Waals surface area contributed by atoms with Gasteiger partial charge in [0.25, 0.3) is 0 Å². The first-order valence-corrected chi connectivity index (χ1v) is 7.40. The molecule has 0 aliphatic rings. The van der Waals surface area contributed by atoms with Gasteiger partial charge in [-0.1, -0.05) is 6.07 Å². The molecule has 0 amide bonds. The van der Waals surface area contributed by atoms with Gasteiger partial charge in [-0.15, -0.1) is 0 Å². The van der Waals surface area contributed by atoms with Crippen molar-refractivity contribution in [3.05, 3.63) is 47.3 Å². The molecule has 2 aromatic heterocycles. The molecule has 2 N–H and O–H groups in total. The number of esters is 1. The Kier molecular flexibility index (Phi) is 3.73. The van der Waals surface area contributed by atoms with Crippen LogP contribution in [0.15, 0.2) is 30.3 Å². The van der Waals surface area contributed by atoms with Crippen LogP contribution < -0.4 is 5.73 Å². The Balaban J connectivity index is 2.11. The lowest BCUT2D eigenvalue weighted by atomic mass is 10.1. The number of carbonyl (C=O) groups excluding carboxylic acids is 1. The summed E-state index contributed by atoms with van der Waals surface area (Å²) >= 11 is 0. The van der Waals surface area contributed by atoms with Crippen LogP contribution >= 0.6 is 0 Å². The molecule has 3 rings (SSSR count). The molecule has 23 heavy (non-hydrogen) atoms. The first-order valence-electron chi connectivity index (χ1n) is 7.40. The van der Waals surface area contributed by atoms with E-state index in [0.29, 0.717) is 17.9 Å². The van der Waals surface area contributed by atoms with Crippen molar-refractivity contribution in [1.82, 2.24) is 14.6 Å². The summed E-state index contributed by atoms with van der Waals surface area (Å²) in [5.74, 6) is -0.426. The van der Waals surface area contributed by atoms with E-state index in [1.165, 1.54) is 0 Å². The molecule has 0 fully saturated rings. The van der Waals surface area contributed by atoms with Crippen molar-refractivity contribution in [2.75, 3.05) is 12.3 Å². The zero-order valence-electron chi connectivity index (χ0n) is 13.3. The second-order valence-electron chi connectivity index (χ2n) is 5.38. The summed E-state index contributed by atoms with van der Waals surface area (Å²) in [5.41, 5.74) is 11.0. The van der Waals surface area contributed by atoms with Crippen molar-refractivity contribution in [2.24, 2.45) is 0 Å². The molecule has 6 heteroatoms. The molecule has 0 aliphatic carbocycles. The van der Waals surface area contributed by atoms with Crippen molar-refractivity contribution in [3.63, 3.8) is 0 Å². The maximum atomic E-state index is 11.9. The summed E-state index contributed by atoms with van der Waals surface area (Å²) < 4.78 is 6.73. The van der Waals surface area contributed by atoms with E-state index in [0.717, 1.165) is 22.5 Å². The SMILES string of the molecule is CCOC(=O)c1cc(C)n2nc(-c3ccc(N)cc3C)cc2n1. The Morgan fingerprint density at radius 1 is 1.26 bits per heavy atom. The minimum Gasteiger partial charge on any atom is -0.461 e. The number of fused-ring (bicyclic) bond motifs is 1. The standard InChI is InChI=1S/C17H18N4O2/c1-4-23-17(22)15-8-11(3)21-16(19-15)9-14(20-21)13-6-5-12(18)7-10(13)2/h5-9H,4,18H2,1-3H3. The fraction of sp³-hybridized carbons (Fsp3) is 0.235. The minimum absolute atomic E-state index is 0.289. The molecule has 0 unspecified atom stereocenters. The number of anilines is 1. The lowest BCUT2D eigenvalue weighted by Crippen LogP contribution is -2.09. The molecule has 0 saturated heterocycles. The van der Waals surface area contributed by atoms with Crippen molar-refractivity contribution < 1.29 is 9.53 Å². The molecule has 2 heterocycles. The number of nitrogens with two attached hydrogens (primary N) is 1. The van der Waals surface area contributed by atoms with Crippen LogP contribution in [0.1, 0.15) is 28.7 Å². The first-order chi connectivity index (χ1) is 11.0. The summed E-state index contributed by atoms with van der Waals surface area (Å²) in [4.78, 5) is 16.2. The van der Waals surface area contributed by atoms with E-state index in [-0.39, 0.29) is 5.69 Å². The quantitative estimate of drug-likeness (QED) is 0.594. The number of aryl methyl sites for hydroxylation is 2. The number of nitrogen functional groups attached to an aromatic ring is 1. The average Bonchev–Trinajstić information content (AvgIpc) is 2.91. The predicted octanol–water partition coefficient (Wildman–Crippen LogP) is 2.77. The van der Waals surface area contributed by atoms with Gasteiger partial charge in [0.1, 0.15) is 0 Å². The lowest BCUT2D eigenvalue weighted by molar-refractivity contribution is 0.0519. The molecule has 118 valence electrons. The topological polar surface area (TPSA) is 82.5 Å². The van der Waals surface area contributed by atoms with E-state index in [1.54, 1.807) is 17.5 Å². The van der Waals surface area contributed by atoms with Gasteiger partial charge >= 0.3 is 5.97 Å². The average molecular weight is 310 g/mol. The summed E-state index contributed by atoms with van der Waals surface area (Å²) in [6, 6.07) is 9.22. The molecule has 1 aromatic carbocycles. The Bertz CT molecular complexity index is 899. The minimum atomic E-state index is -0.426. The second-order valence-corrected chi connectivity index (χ2v) is 5.38. The van der Waals surface area contributed by atoms with Crippen LogP contribution in [0.2, 0.25) is 0 Å². The molecule has 0 spiro atoms. The van der Waals surface area contributed by atoms with Crippen LogP contribution in [-0.4, -0.2) is 27.2 Å². The van der Waals surface area contributed by atoms with Gasteiger partial charge in [0.15, 0.2) is 11.3 Å². The van der Waals surface area contributed by atoms with Gasteiger partial charge in [0.05, 0.1) is 12.3 Å². The van der Waals surface area contributed by atoms with Crippen molar-refractivity contribution in [1.29, 1.82) is 0 Å². The fourth-order valence-corrected chi connectivity index (χ4v) is 2.54. The number of hydrogen-bond donors (Lipinski definition) is 1. The maximum Gasteiger partial charge on any atom is 0.357 e. The van der Waals surface area contributed by atoms with E-state index in [9.17, 15) is 4.79 Å². The van der Waals surface area contributed by atoms with Gasteiger partial charge in [-0.2, -0.15) is 5.10 Å². The van der Waals surface area contributed by atoms with Gasteiger partial charge < -0.3 is 10.5 Å². The van der Waals surface area contributed by atoms with Crippen LogP contribution in [-0.2, 0) is 4.74 Å². The van der Waals surface area contributed by atoms with Crippen molar-refractivity contribution in [3.8, 4) is 11.3 Å². The fourth-order valence-electron chi connectivity index (χ4n) is 2.54. The number of rotatable bonds is 3. The third-order valence-corrected chi connectivity index (χ3v) is 3.62. The van der Waals surface area contributed by atoms with Crippen LogP contribution in [0, 0.1) is 13.8 Å². The summed E-state index contributed by atoms with van der Waals surface area (Å²) in [6.07, 6.45) is 0. The normalized spacial score (nSPS) is 10.9. The Morgan fingerprint density at radius 2 is 2.04 bits per heavy atom. The highest BCUT2D eigenvalue weighted by Gasteiger charge is 2.14. The summed E-state index contributed by atoms with van der Waals surface area (Å²) in [5, 5.41) is 4.58. The van der Waals surface area contributed by atoms with E-state index >= 15 is 0 Å². The van der Waals surface area contributed by atoms with E-state index in [4.69, 9.17) is 10.5 Å². The van der Waals surface area contributed by atoms with Gasteiger partial charge in [-0.05, 0) is 44.5 Å². The number of nitrogens with zero attached hydrogens (tertiary/aromatic N) is 3. The molecular weight excluding hydrogens is 292 g/mol. The third kappa shape index (κ3) is 2.75. The van der Waals surface area contributed by atoms with Crippen molar-refractivity contribution in [2.45, 2.75) is 20.8 Å². The first kappa shape index (κ1) is 15.0. The maximum absolute atomic E-state index is 11.9. The number of ether oxygens (including phenoxy) is 1. The van der Waals surface area contributed by atoms with Crippen molar-refractivity contribution >= 4 is 17.3 Å². The van der Waals surface area contributed by atoms with E-state index in [2.05, 4.69) is 10.1 Å². The summed E-state index contributed by atoms with van der Waals surface area (Å²) in [7, 11) is 0. The lowest BCUT2D eigenvalue weighted by Gasteiger charge is -2.04. The van der Waals surface area contributed by atoms with E-state index < -0.39 is 5.97 Å². The highest BCUT2D eigenvalue weighted by Crippen LogP contribution is 2.25. The zero-order chi connectivity index (χ0) is 16.6. The molecule has 0 bridgehead atoms. The highest BCUT2D eigenvalue weighted by atomic mass is 16.5. The van der Waals surface area contributed by atoms with Gasteiger partial charge in [0, 0.05) is 23.0 Å². The third-order valence-electron chi connectivity index (χ3n) is 3.62. The Morgan fingerprint density at radius 3 is 2.74 bits per heavy atom. The molecule has 3 aromatic rings. The smallest absolute Gasteiger partial charge is 0.357 e. The predicted molar refractivity (Wildman–Crippen MR) is 88.3 cm³/mol. The van der Waals surface area contributed by atoms with Gasteiger partial charge in [-0.3, -0.25) is 0 Å².